The number of fused-ring (bicyclic) bond motifs is 1. The first-order valence-electron chi connectivity index (χ1n) is 6.21. The van der Waals surface area contributed by atoms with E-state index in [2.05, 4.69) is 19.9 Å². The minimum Gasteiger partial charge on any atom is -0.340 e. The van der Waals surface area contributed by atoms with Crippen LogP contribution in [0.4, 0.5) is 0 Å². The molecule has 1 aliphatic carbocycles. The number of rotatable bonds is 2. The van der Waals surface area contributed by atoms with Crippen molar-refractivity contribution in [1.29, 1.82) is 0 Å². The highest BCUT2D eigenvalue weighted by Gasteiger charge is 2.42. The number of hydrogen-bond acceptors (Lipinski definition) is 3. The molecule has 0 bridgehead atoms. The normalized spacial score (nSPS) is 16.9. The van der Waals surface area contributed by atoms with E-state index >= 15 is 0 Å². The lowest BCUT2D eigenvalue weighted by Crippen LogP contribution is -2.20. The average Bonchev–Trinajstić information content (AvgIpc) is 2.85. The monoisotopic (exact) mass is 255 g/mol. The third-order valence-electron chi connectivity index (χ3n) is 3.66. The number of benzene rings is 1. The first kappa shape index (κ1) is 10.6. The molecule has 6 nitrogen and oxygen atoms in total. The molecule has 0 saturated heterocycles. The van der Waals surface area contributed by atoms with E-state index < -0.39 is 0 Å². The second-order valence-electron chi connectivity index (χ2n) is 5.14. The number of H-pyrrole nitrogens is 3. The highest BCUT2D eigenvalue weighted by Crippen LogP contribution is 2.41. The summed E-state index contributed by atoms with van der Waals surface area (Å²) in [6.45, 7) is 0. The fourth-order valence-corrected chi connectivity index (χ4v) is 2.29. The van der Waals surface area contributed by atoms with Crippen LogP contribution < -0.4 is 11.4 Å². The van der Waals surface area contributed by atoms with E-state index in [4.69, 9.17) is 5.73 Å². The molecule has 96 valence electrons. The lowest BCUT2D eigenvalue weighted by atomic mass is 10.1. The van der Waals surface area contributed by atoms with Crippen LogP contribution in [0.3, 0.4) is 0 Å². The molecular weight excluding hydrogens is 242 g/mol. The second-order valence-corrected chi connectivity index (χ2v) is 5.14. The van der Waals surface area contributed by atoms with Crippen molar-refractivity contribution in [2.24, 2.45) is 5.73 Å². The van der Waals surface area contributed by atoms with Crippen LogP contribution in [0.1, 0.15) is 18.7 Å². The van der Waals surface area contributed by atoms with Gasteiger partial charge in [0.25, 0.3) is 0 Å². The summed E-state index contributed by atoms with van der Waals surface area (Å²) in [6, 6.07) is 5.73. The molecule has 1 aromatic carbocycles. The van der Waals surface area contributed by atoms with Crippen molar-refractivity contribution in [2.75, 3.05) is 0 Å². The third-order valence-corrected chi connectivity index (χ3v) is 3.66. The highest BCUT2D eigenvalue weighted by molar-refractivity contribution is 5.80. The second kappa shape index (κ2) is 3.36. The van der Waals surface area contributed by atoms with E-state index in [0.29, 0.717) is 0 Å². The Labute approximate surface area is 108 Å². The number of nitrogens with one attached hydrogen (secondary N) is 3. The lowest BCUT2D eigenvalue weighted by Gasteiger charge is -2.03. The smallest absolute Gasteiger partial charge is 0.323 e. The van der Waals surface area contributed by atoms with Crippen molar-refractivity contribution in [3.63, 3.8) is 0 Å². The maximum Gasteiger partial charge on any atom is 0.323 e. The lowest BCUT2D eigenvalue weighted by molar-refractivity contribution is 0.685. The standard InChI is InChI=1S/C13H13N5O/c14-13(3-4-13)11-15-6-10(16-11)7-1-2-8-9(5-7)18-12(19)17-8/h1-2,5-6H,3-4,14H2,(H,15,16)(H2,17,18,19). The van der Waals surface area contributed by atoms with E-state index in [9.17, 15) is 4.79 Å². The molecule has 0 radical (unpaired) electrons. The largest absolute Gasteiger partial charge is 0.340 e. The predicted octanol–water partition coefficient (Wildman–Crippen LogP) is 1.19. The fraction of sp³-hybridized carbons (Fsp3) is 0.231. The van der Waals surface area contributed by atoms with Crippen LogP contribution in [-0.2, 0) is 5.54 Å². The molecule has 4 rings (SSSR count). The van der Waals surface area contributed by atoms with Crippen molar-refractivity contribution >= 4 is 11.0 Å². The van der Waals surface area contributed by atoms with Crippen LogP contribution in [0.15, 0.2) is 29.2 Å². The van der Waals surface area contributed by atoms with Gasteiger partial charge < -0.3 is 20.7 Å². The molecule has 0 aliphatic heterocycles. The Morgan fingerprint density at radius 3 is 2.74 bits per heavy atom. The summed E-state index contributed by atoms with van der Waals surface area (Å²) < 4.78 is 0. The quantitative estimate of drug-likeness (QED) is 0.553. The molecule has 5 N–H and O–H groups in total. The van der Waals surface area contributed by atoms with Crippen molar-refractivity contribution in [1.82, 2.24) is 19.9 Å². The van der Waals surface area contributed by atoms with Gasteiger partial charge in [0.15, 0.2) is 0 Å². The number of nitrogens with two attached hydrogens (primary N) is 1. The van der Waals surface area contributed by atoms with Crippen molar-refractivity contribution < 1.29 is 0 Å². The molecule has 1 saturated carbocycles. The molecule has 6 heteroatoms. The van der Waals surface area contributed by atoms with Gasteiger partial charge in [0.2, 0.25) is 0 Å². The highest BCUT2D eigenvalue weighted by atomic mass is 16.1. The first-order valence-corrected chi connectivity index (χ1v) is 6.21. The summed E-state index contributed by atoms with van der Waals surface area (Å²) in [6.07, 6.45) is 3.74. The van der Waals surface area contributed by atoms with Gasteiger partial charge in [0, 0.05) is 5.56 Å². The number of imidazole rings is 2. The number of hydrogen-bond donors (Lipinski definition) is 4. The molecule has 19 heavy (non-hydrogen) atoms. The molecule has 0 atom stereocenters. The van der Waals surface area contributed by atoms with Gasteiger partial charge in [0.1, 0.15) is 5.82 Å². The molecule has 3 aromatic rings. The molecule has 1 aliphatic rings. The topological polar surface area (TPSA) is 103 Å². The van der Waals surface area contributed by atoms with E-state index in [1.54, 1.807) is 6.20 Å². The van der Waals surface area contributed by atoms with Gasteiger partial charge >= 0.3 is 5.69 Å². The van der Waals surface area contributed by atoms with Crippen molar-refractivity contribution in [2.45, 2.75) is 18.4 Å². The van der Waals surface area contributed by atoms with Gasteiger partial charge in [-0.2, -0.15) is 0 Å². The van der Waals surface area contributed by atoms with Crippen LogP contribution in [0.2, 0.25) is 0 Å². The zero-order valence-electron chi connectivity index (χ0n) is 10.2. The van der Waals surface area contributed by atoms with E-state index in [-0.39, 0.29) is 11.2 Å². The van der Waals surface area contributed by atoms with Crippen molar-refractivity contribution in [3.8, 4) is 11.3 Å². The van der Waals surface area contributed by atoms with Gasteiger partial charge in [-0.3, -0.25) is 0 Å². The summed E-state index contributed by atoms with van der Waals surface area (Å²) in [4.78, 5) is 24.3. The van der Waals surface area contributed by atoms with Crippen LogP contribution in [-0.4, -0.2) is 19.9 Å². The van der Waals surface area contributed by atoms with Gasteiger partial charge in [-0.05, 0) is 25.0 Å². The Kier molecular flexibility index (Phi) is 1.87. The summed E-state index contributed by atoms with van der Waals surface area (Å²) in [5, 5.41) is 0. The summed E-state index contributed by atoms with van der Waals surface area (Å²) >= 11 is 0. The van der Waals surface area contributed by atoms with Crippen LogP contribution in [0.5, 0.6) is 0 Å². The van der Waals surface area contributed by atoms with Crippen LogP contribution in [0.25, 0.3) is 22.3 Å². The van der Waals surface area contributed by atoms with Crippen molar-refractivity contribution in [3.05, 3.63) is 40.7 Å². The van der Waals surface area contributed by atoms with Gasteiger partial charge in [-0.1, -0.05) is 6.07 Å². The Bertz CT molecular complexity index is 821. The third kappa shape index (κ3) is 1.61. The van der Waals surface area contributed by atoms with E-state index in [1.165, 1.54) is 0 Å². The van der Waals surface area contributed by atoms with Gasteiger partial charge in [-0.15, -0.1) is 0 Å². The molecule has 2 heterocycles. The molecule has 0 spiro atoms. The molecule has 0 amide bonds. The number of nitrogens with zero attached hydrogens (tertiary/aromatic N) is 1. The predicted molar refractivity (Wildman–Crippen MR) is 71.6 cm³/mol. The zero-order chi connectivity index (χ0) is 13.0. The SMILES string of the molecule is NC1(c2ncc(-c3ccc4[nH]c(=O)[nH]c4c3)[nH]2)CC1. The maximum atomic E-state index is 11.2. The maximum absolute atomic E-state index is 11.2. The summed E-state index contributed by atoms with van der Waals surface area (Å²) in [5.41, 5.74) is 9.12. The molecule has 1 fully saturated rings. The zero-order valence-corrected chi connectivity index (χ0v) is 10.2. The molecule has 2 aromatic heterocycles. The molecule has 0 unspecified atom stereocenters. The minimum atomic E-state index is -0.259. The van der Waals surface area contributed by atoms with E-state index in [1.807, 2.05) is 18.2 Å². The first-order chi connectivity index (χ1) is 9.14. The van der Waals surface area contributed by atoms with E-state index in [0.717, 1.165) is 41.0 Å². The Morgan fingerprint density at radius 1 is 1.16 bits per heavy atom. The van der Waals surface area contributed by atoms with Gasteiger partial charge in [-0.25, -0.2) is 9.78 Å². The Morgan fingerprint density at radius 2 is 1.95 bits per heavy atom. The van der Waals surface area contributed by atoms with Gasteiger partial charge in [0.05, 0.1) is 28.5 Å². The average molecular weight is 255 g/mol. The van der Waals surface area contributed by atoms with Crippen LogP contribution >= 0.6 is 0 Å². The minimum absolute atomic E-state index is 0.198. The summed E-state index contributed by atoms with van der Waals surface area (Å²) in [5.74, 6) is 0.838. The number of aromatic amines is 3. The van der Waals surface area contributed by atoms with Crippen LogP contribution in [0, 0.1) is 0 Å². The summed E-state index contributed by atoms with van der Waals surface area (Å²) in [7, 11) is 0. The Hall–Kier alpha value is -2.34. The fourth-order valence-electron chi connectivity index (χ4n) is 2.29. The number of aromatic nitrogens is 4. The Balaban J connectivity index is 1.80. The molecular formula is C13H13N5O.